The molecule has 0 saturated carbocycles. The first-order valence-corrected chi connectivity index (χ1v) is 6.40. The maximum Gasteiger partial charge on any atom is 0.0468 e. The van der Waals surface area contributed by atoms with Crippen LogP contribution in [0.2, 0.25) is 0 Å². The molecule has 2 heteroatoms. The van der Waals surface area contributed by atoms with Crippen molar-refractivity contribution in [3.05, 3.63) is 34.3 Å². The Labute approximate surface area is 100.0 Å². The third kappa shape index (κ3) is 2.61. The third-order valence-electron chi connectivity index (χ3n) is 3.37. The predicted molar refractivity (Wildman–Crippen MR) is 66.1 cm³/mol. The number of rotatable bonds is 2. The first kappa shape index (κ1) is 11.2. The van der Waals surface area contributed by atoms with Crippen LogP contribution >= 0.6 is 15.9 Å². The van der Waals surface area contributed by atoms with Crippen LogP contribution in [0.5, 0.6) is 0 Å². The van der Waals surface area contributed by atoms with Crippen LogP contribution in [0.3, 0.4) is 0 Å². The second-order valence-electron chi connectivity index (χ2n) is 4.26. The van der Waals surface area contributed by atoms with Crippen LogP contribution in [0.4, 0.5) is 0 Å². The van der Waals surface area contributed by atoms with Crippen molar-refractivity contribution in [1.82, 2.24) is 0 Å². The Bertz CT molecular complexity index is 318. The van der Waals surface area contributed by atoms with Crippen LogP contribution in [0.1, 0.15) is 31.2 Å². The minimum absolute atomic E-state index is 0.629. The Hall–Kier alpha value is -0.340. The highest BCUT2D eigenvalue weighted by molar-refractivity contribution is 9.10. The molecule has 0 N–H and O–H groups in total. The maximum absolute atomic E-state index is 5.40. The van der Waals surface area contributed by atoms with Gasteiger partial charge in [0, 0.05) is 17.7 Å². The molecular formula is C13H17BrO. The normalized spacial score (nSPS) is 20.1. The highest BCUT2D eigenvalue weighted by Gasteiger charge is 2.22. The number of halogens is 1. The van der Waals surface area contributed by atoms with Crippen LogP contribution in [-0.4, -0.2) is 13.2 Å². The lowest BCUT2D eigenvalue weighted by Crippen LogP contribution is -2.20. The van der Waals surface area contributed by atoms with Crippen molar-refractivity contribution in [3.8, 4) is 0 Å². The van der Waals surface area contributed by atoms with Crippen molar-refractivity contribution in [2.75, 3.05) is 13.2 Å². The SMILES string of the molecule is CC(c1ccccc1Br)C1CCOCC1. The van der Waals surface area contributed by atoms with E-state index in [1.54, 1.807) is 0 Å². The molecule has 0 spiro atoms. The van der Waals surface area contributed by atoms with E-state index < -0.39 is 0 Å². The predicted octanol–water partition coefficient (Wildman–Crippen LogP) is 3.98. The van der Waals surface area contributed by atoms with E-state index in [0.29, 0.717) is 5.92 Å². The quantitative estimate of drug-likeness (QED) is 0.789. The largest absolute Gasteiger partial charge is 0.381 e. The van der Waals surface area contributed by atoms with Crippen molar-refractivity contribution in [2.24, 2.45) is 5.92 Å². The van der Waals surface area contributed by atoms with Crippen molar-refractivity contribution in [3.63, 3.8) is 0 Å². The Morgan fingerprint density at radius 1 is 1.27 bits per heavy atom. The van der Waals surface area contributed by atoms with Gasteiger partial charge in [0.05, 0.1) is 0 Å². The molecule has 2 rings (SSSR count). The van der Waals surface area contributed by atoms with Crippen LogP contribution in [0, 0.1) is 5.92 Å². The van der Waals surface area contributed by atoms with Gasteiger partial charge in [-0.1, -0.05) is 41.1 Å². The summed E-state index contributed by atoms with van der Waals surface area (Å²) in [7, 11) is 0. The summed E-state index contributed by atoms with van der Waals surface area (Å²) in [6, 6.07) is 8.55. The van der Waals surface area contributed by atoms with E-state index in [-0.39, 0.29) is 0 Å². The maximum atomic E-state index is 5.40. The first-order chi connectivity index (χ1) is 7.29. The molecule has 0 bridgehead atoms. The fourth-order valence-electron chi connectivity index (χ4n) is 2.31. The second kappa shape index (κ2) is 5.13. The van der Waals surface area contributed by atoms with Gasteiger partial charge in [0.25, 0.3) is 0 Å². The summed E-state index contributed by atoms with van der Waals surface area (Å²) in [5.41, 5.74) is 1.43. The van der Waals surface area contributed by atoms with E-state index >= 15 is 0 Å². The first-order valence-electron chi connectivity index (χ1n) is 5.61. The zero-order chi connectivity index (χ0) is 10.7. The molecule has 1 nitrogen and oxygen atoms in total. The number of benzene rings is 1. The second-order valence-corrected chi connectivity index (χ2v) is 5.11. The lowest BCUT2D eigenvalue weighted by molar-refractivity contribution is 0.0595. The van der Waals surface area contributed by atoms with Gasteiger partial charge in [0.15, 0.2) is 0 Å². The lowest BCUT2D eigenvalue weighted by Gasteiger charge is -2.28. The van der Waals surface area contributed by atoms with Crippen molar-refractivity contribution in [2.45, 2.75) is 25.7 Å². The summed E-state index contributed by atoms with van der Waals surface area (Å²) in [5, 5.41) is 0. The Kier molecular flexibility index (Phi) is 3.81. The summed E-state index contributed by atoms with van der Waals surface area (Å²) in [6.07, 6.45) is 2.39. The molecule has 15 heavy (non-hydrogen) atoms. The van der Waals surface area contributed by atoms with Gasteiger partial charge >= 0.3 is 0 Å². The third-order valence-corrected chi connectivity index (χ3v) is 4.09. The van der Waals surface area contributed by atoms with E-state index in [1.807, 2.05) is 0 Å². The minimum Gasteiger partial charge on any atom is -0.381 e. The molecule has 1 aromatic carbocycles. The Balaban J connectivity index is 2.12. The fraction of sp³-hybridized carbons (Fsp3) is 0.538. The van der Waals surface area contributed by atoms with Gasteiger partial charge in [-0.05, 0) is 36.3 Å². The van der Waals surface area contributed by atoms with E-state index in [9.17, 15) is 0 Å². The average molecular weight is 269 g/mol. The zero-order valence-corrected chi connectivity index (χ0v) is 10.7. The highest BCUT2D eigenvalue weighted by atomic mass is 79.9. The van der Waals surface area contributed by atoms with E-state index in [2.05, 4.69) is 47.1 Å². The smallest absolute Gasteiger partial charge is 0.0468 e. The monoisotopic (exact) mass is 268 g/mol. The van der Waals surface area contributed by atoms with Gasteiger partial charge in [-0.15, -0.1) is 0 Å². The van der Waals surface area contributed by atoms with Gasteiger partial charge in [0.2, 0.25) is 0 Å². The number of hydrogen-bond donors (Lipinski definition) is 0. The summed E-state index contributed by atoms with van der Waals surface area (Å²) < 4.78 is 6.64. The van der Waals surface area contributed by atoms with Crippen LogP contribution < -0.4 is 0 Å². The van der Waals surface area contributed by atoms with Gasteiger partial charge in [-0.3, -0.25) is 0 Å². The molecule has 0 amide bonds. The zero-order valence-electron chi connectivity index (χ0n) is 9.08. The van der Waals surface area contributed by atoms with Gasteiger partial charge in [-0.2, -0.15) is 0 Å². The highest BCUT2D eigenvalue weighted by Crippen LogP contribution is 2.34. The molecular weight excluding hydrogens is 252 g/mol. The Morgan fingerprint density at radius 2 is 1.93 bits per heavy atom. The van der Waals surface area contributed by atoms with E-state index in [4.69, 9.17) is 4.74 Å². The minimum atomic E-state index is 0.629. The summed E-state index contributed by atoms with van der Waals surface area (Å²) in [6.45, 7) is 4.19. The van der Waals surface area contributed by atoms with Gasteiger partial charge < -0.3 is 4.74 Å². The number of hydrogen-bond acceptors (Lipinski definition) is 1. The molecule has 82 valence electrons. The molecule has 1 atom stereocenters. The number of ether oxygens (including phenoxy) is 1. The Morgan fingerprint density at radius 3 is 2.60 bits per heavy atom. The molecule has 0 aliphatic carbocycles. The summed E-state index contributed by atoms with van der Waals surface area (Å²) in [5.74, 6) is 1.40. The molecule has 1 aliphatic rings. The molecule has 1 heterocycles. The van der Waals surface area contributed by atoms with Crippen molar-refractivity contribution in [1.29, 1.82) is 0 Å². The topological polar surface area (TPSA) is 9.23 Å². The molecule has 1 unspecified atom stereocenters. The molecule has 1 aromatic rings. The van der Waals surface area contributed by atoms with Crippen molar-refractivity contribution >= 4 is 15.9 Å². The molecule has 0 radical (unpaired) electrons. The van der Waals surface area contributed by atoms with Gasteiger partial charge in [0.1, 0.15) is 0 Å². The average Bonchev–Trinajstić information content (AvgIpc) is 2.30. The van der Waals surface area contributed by atoms with Gasteiger partial charge in [-0.25, -0.2) is 0 Å². The fourth-order valence-corrected chi connectivity index (χ4v) is 2.96. The molecule has 1 fully saturated rings. The lowest BCUT2D eigenvalue weighted by atomic mass is 9.83. The summed E-state index contributed by atoms with van der Waals surface area (Å²) in [4.78, 5) is 0. The van der Waals surface area contributed by atoms with Crippen LogP contribution in [0.15, 0.2) is 28.7 Å². The summed E-state index contributed by atoms with van der Waals surface area (Å²) >= 11 is 3.63. The molecule has 1 saturated heterocycles. The van der Waals surface area contributed by atoms with E-state index in [1.165, 1.54) is 22.9 Å². The molecule has 0 aromatic heterocycles. The standard InChI is InChI=1S/C13H17BrO/c1-10(11-6-8-15-9-7-11)12-4-2-3-5-13(12)14/h2-5,10-11H,6-9H2,1H3. The molecule has 1 aliphatic heterocycles. The van der Waals surface area contributed by atoms with E-state index in [0.717, 1.165) is 19.1 Å². The van der Waals surface area contributed by atoms with Crippen molar-refractivity contribution < 1.29 is 4.74 Å². The van der Waals surface area contributed by atoms with Crippen LogP contribution in [-0.2, 0) is 4.74 Å². The van der Waals surface area contributed by atoms with Crippen LogP contribution in [0.25, 0.3) is 0 Å².